The number of nitrogens with one attached hydrogen (secondary N) is 2. The third-order valence-electron chi connectivity index (χ3n) is 2.58. The van der Waals surface area contributed by atoms with Gasteiger partial charge in [-0.3, -0.25) is 4.79 Å². The van der Waals surface area contributed by atoms with Crippen molar-refractivity contribution in [3.05, 3.63) is 52.0 Å². The number of anilines is 1. The molecule has 0 aliphatic heterocycles. The molecule has 94 valence electrons. The number of H-pyrrole nitrogens is 1. The van der Waals surface area contributed by atoms with E-state index < -0.39 is 0 Å². The van der Waals surface area contributed by atoms with Crippen molar-refractivity contribution in [3.8, 4) is 18.2 Å². The molecule has 2 N–H and O–H groups in total. The quantitative estimate of drug-likeness (QED) is 0.799. The van der Waals surface area contributed by atoms with Crippen LogP contribution in [0.25, 0.3) is 10.9 Å². The van der Waals surface area contributed by atoms with Crippen molar-refractivity contribution >= 4 is 16.6 Å². The number of pyridine rings is 1. The van der Waals surface area contributed by atoms with Gasteiger partial charge in [0.2, 0.25) is 5.56 Å². The Bertz CT molecular complexity index is 871. The Morgan fingerprint density at radius 2 is 1.75 bits per heavy atom. The second kappa shape index (κ2) is 5.39. The van der Waals surface area contributed by atoms with E-state index in [2.05, 4.69) is 10.3 Å². The predicted octanol–water partition coefficient (Wildman–Crippen LogP) is 1.76. The third-order valence-corrected chi connectivity index (χ3v) is 2.58. The molecule has 1 heterocycles. The molecule has 6 heteroatoms. The second-order valence-electron chi connectivity index (χ2n) is 3.84. The van der Waals surface area contributed by atoms with Crippen molar-refractivity contribution in [1.82, 2.24) is 4.98 Å². The number of fused-ring (bicyclic) bond motifs is 1. The minimum atomic E-state index is -0.297. The van der Waals surface area contributed by atoms with E-state index in [1.54, 1.807) is 42.5 Å². The molecule has 6 nitrogen and oxygen atoms in total. The highest BCUT2D eigenvalue weighted by Crippen LogP contribution is 2.18. The van der Waals surface area contributed by atoms with Gasteiger partial charge < -0.3 is 10.3 Å². The molecular formula is C14H7N5O. The number of aromatic amines is 1. The van der Waals surface area contributed by atoms with Gasteiger partial charge >= 0.3 is 0 Å². The summed E-state index contributed by atoms with van der Waals surface area (Å²) in [5.74, 6) is 0. The van der Waals surface area contributed by atoms with Crippen LogP contribution in [0.3, 0.4) is 0 Å². The molecule has 2 aromatic rings. The van der Waals surface area contributed by atoms with Crippen LogP contribution < -0.4 is 10.9 Å². The van der Waals surface area contributed by atoms with Crippen molar-refractivity contribution in [2.45, 2.75) is 0 Å². The van der Waals surface area contributed by atoms with Gasteiger partial charge in [0.25, 0.3) is 0 Å². The largest absolute Gasteiger partial charge is 0.345 e. The highest BCUT2D eigenvalue weighted by molar-refractivity contribution is 5.82. The fourth-order valence-electron chi connectivity index (χ4n) is 1.65. The maximum atomic E-state index is 11.3. The Morgan fingerprint density at radius 3 is 2.40 bits per heavy atom. The normalized spacial score (nSPS) is 9.05. The topological polar surface area (TPSA) is 116 Å². The summed E-state index contributed by atoms with van der Waals surface area (Å²) in [7, 11) is 0. The zero-order chi connectivity index (χ0) is 14.5. The molecule has 0 spiro atoms. The summed E-state index contributed by atoms with van der Waals surface area (Å²) < 4.78 is 0. The molecule has 0 aliphatic carbocycles. The van der Waals surface area contributed by atoms with Gasteiger partial charge in [0.15, 0.2) is 5.57 Å². The standard InChI is InChI=1S/C14H7N5O/c15-6-10(7-16)13(8-17)18-11-3-1-9-2-4-14(20)19-12(9)5-11/h1-5,18H,(H,19,20). The van der Waals surface area contributed by atoms with Gasteiger partial charge in [-0.25, -0.2) is 0 Å². The minimum Gasteiger partial charge on any atom is -0.345 e. The maximum absolute atomic E-state index is 11.3. The van der Waals surface area contributed by atoms with E-state index in [1.807, 2.05) is 0 Å². The number of hydrogen-bond donors (Lipinski definition) is 2. The SMILES string of the molecule is N#CC(C#N)=C(C#N)Nc1ccc2ccc(=O)[nH]c2c1. The number of hydrogen-bond acceptors (Lipinski definition) is 5. The lowest BCUT2D eigenvalue weighted by atomic mass is 10.2. The van der Waals surface area contributed by atoms with E-state index in [9.17, 15) is 4.79 Å². The molecular weight excluding hydrogens is 254 g/mol. The summed E-state index contributed by atoms with van der Waals surface area (Å²) in [4.78, 5) is 13.9. The maximum Gasteiger partial charge on any atom is 0.248 e. The summed E-state index contributed by atoms with van der Waals surface area (Å²) in [6, 6.07) is 13.2. The van der Waals surface area contributed by atoms with E-state index >= 15 is 0 Å². The van der Waals surface area contributed by atoms with Crippen molar-refractivity contribution in [2.24, 2.45) is 0 Å². The first-order valence-corrected chi connectivity index (χ1v) is 5.52. The number of nitrogens with zero attached hydrogens (tertiary/aromatic N) is 3. The lowest BCUT2D eigenvalue weighted by molar-refractivity contribution is 1.30. The molecule has 0 aliphatic rings. The number of benzene rings is 1. The summed E-state index contributed by atoms with van der Waals surface area (Å²) in [6.07, 6.45) is 0. The molecule has 0 fully saturated rings. The Hall–Kier alpha value is -3.56. The van der Waals surface area contributed by atoms with Crippen LogP contribution in [0.5, 0.6) is 0 Å². The predicted molar refractivity (Wildman–Crippen MR) is 72.1 cm³/mol. The van der Waals surface area contributed by atoms with E-state index in [4.69, 9.17) is 15.8 Å². The summed E-state index contributed by atoms with van der Waals surface area (Å²) in [5.41, 5.74) is 0.427. The molecule has 0 radical (unpaired) electrons. The minimum absolute atomic E-state index is 0.132. The fraction of sp³-hybridized carbons (Fsp3) is 0. The number of nitriles is 3. The highest BCUT2D eigenvalue weighted by Gasteiger charge is 2.06. The van der Waals surface area contributed by atoms with Crippen LogP contribution in [-0.4, -0.2) is 4.98 Å². The van der Waals surface area contributed by atoms with Crippen LogP contribution in [0.2, 0.25) is 0 Å². The Balaban J connectivity index is 2.48. The van der Waals surface area contributed by atoms with Gasteiger partial charge in [0.1, 0.15) is 23.9 Å². The first kappa shape index (κ1) is 12.9. The molecule has 0 saturated heterocycles. The molecule has 0 amide bonds. The van der Waals surface area contributed by atoms with E-state index in [0.717, 1.165) is 5.39 Å². The molecule has 1 aromatic carbocycles. The van der Waals surface area contributed by atoms with Crippen molar-refractivity contribution in [2.75, 3.05) is 5.32 Å². The lowest BCUT2D eigenvalue weighted by Crippen LogP contribution is -2.04. The first-order chi connectivity index (χ1) is 9.67. The van der Waals surface area contributed by atoms with Crippen LogP contribution >= 0.6 is 0 Å². The van der Waals surface area contributed by atoms with Crippen molar-refractivity contribution in [3.63, 3.8) is 0 Å². The summed E-state index contributed by atoms with van der Waals surface area (Å²) in [5, 5.41) is 30.0. The van der Waals surface area contributed by atoms with Gasteiger partial charge in [-0.05, 0) is 23.6 Å². The zero-order valence-electron chi connectivity index (χ0n) is 10.1. The van der Waals surface area contributed by atoms with Crippen molar-refractivity contribution in [1.29, 1.82) is 15.8 Å². The van der Waals surface area contributed by atoms with Gasteiger partial charge in [0, 0.05) is 11.8 Å². The average Bonchev–Trinajstić information content (AvgIpc) is 2.46. The Labute approximate surface area is 113 Å². The van der Waals surface area contributed by atoms with Gasteiger partial charge in [-0.15, -0.1) is 0 Å². The smallest absolute Gasteiger partial charge is 0.248 e. The van der Waals surface area contributed by atoms with Gasteiger partial charge in [-0.1, -0.05) is 6.07 Å². The highest BCUT2D eigenvalue weighted by atomic mass is 16.1. The molecule has 2 rings (SSSR count). The number of aromatic nitrogens is 1. The first-order valence-electron chi connectivity index (χ1n) is 5.52. The Kier molecular flexibility index (Phi) is 3.47. The molecule has 0 bridgehead atoms. The van der Waals surface area contributed by atoms with Crippen LogP contribution in [0.1, 0.15) is 0 Å². The van der Waals surface area contributed by atoms with Crippen LogP contribution in [0, 0.1) is 34.0 Å². The van der Waals surface area contributed by atoms with Crippen molar-refractivity contribution < 1.29 is 0 Å². The van der Waals surface area contributed by atoms with Gasteiger partial charge in [-0.2, -0.15) is 15.8 Å². The molecule has 0 unspecified atom stereocenters. The van der Waals surface area contributed by atoms with E-state index in [1.165, 1.54) is 6.07 Å². The van der Waals surface area contributed by atoms with E-state index in [0.29, 0.717) is 11.2 Å². The Morgan fingerprint density at radius 1 is 1.05 bits per heavy atom. The average molecular weight is 261 g/mol. The monoisotopic (exact) mass is 261 g/mol. The molecule has 0 atom stereocenters. The lowest BCUT2D eigenvalue weighted by Gasteiger charge is -2.05. The zero-order valence-corrected chi connectivity index (χ0v) is 10.1. The number of allylic oxidation sites excluding steroid dienone is 2. The van der Waals surface area contributed by atoms with Crippen LogP contribution in [0.4, 0.5) is 5.69 Å². The molecule has 1 aromatic heterocycles. The van der Waals surface area contributed by atoms with Gasteiger partial charge in [0.05, 0.1) is 5.52 Å². The van der Waals surface area contributed by atoms with Crippen LogP contribution in [-0.2, 0) is 0 Å². The van der Waals surface area contributed by atoms with E-state index in [-0.39, 0.29) is 16.8 Å². The molecule has 20 heavy (non-hydrogen) atoms. The molecule has 0 saturated carbocycles. The summed E-state index contributed by atoms with van der Waals surface area (Å²) in [6.45, 7) is 0. The summed E-state index contributed by atoms with van der Waals surface area (Å²) >= 11 is 0. The van der Waals surface area contributed by atoms with Crippen LogP contribution in [0.15, 0.2) is 46.4 Å². The second-order valence-corrected chi connectivity index (χ2v) is 3.84. The number of rotatable bonds is 2. The fourth-order valence-corrected chi connectivity index (χ4v) is 1.65. The third kappa shape index (κ3) is 2.48.